The van der Waals surface area contributed by atoms with Crippen molar-refractivity contribution < 1.29 is 24.6 Å². The lowest BCUT2D eigenvalue weighted by molar-refractivity contribution is -0.386. The molecule has 2 N–H and O–H groups in total. The summed E-state index contributed by atoms with van der Waals surface area (Å²) in [7, 11) is 2.67. The van der Waals surface area contributed by atoms with Gasteiger partial charge < -0.3 is 19.7 Å². The van der Waals surface area contributed by atoms with Crippen LogP contribution in [-0.4, -0.2) is 29.4 Å². The minimum Gasteiger partial charge on any atom is -0.493 e. The molecule has 0 amide bonds. The molecule has 1 rings (SSSR count). The van der Waals surface area contributed by atoms with Crippen molar-refractivity contribution in [2.45, 2.75) is 6.29 Å². The van der Waals surface area contributed by atoms with E-state index in [-0.39, 0.29) is 17.1 Å². The molecular formula is C9H11NO6. The highest BCUT2D eigenvalue weighted by atomic mass is 16.6. The second-order valence-corrected chi connectivity index (χ2v) is 2.90. The molecule has 0 saturated heterocycles. The van der Waals surface area contributed by atoms with Crippen LogP contribution >= 0.6 is 0 Å². The lowest BCUT2D eigenvalue weighted by Crippen LogP contribution is -2.03. The number of nitrogens with zero attached hydrogens (tertiary/aromatic N) is 1. The van der Waals surface area contributed by atoms with E-state index in [1.807, 2.05) is 0 Å². The Morgan fingerprint density at radius 1 is 1.25 bits per heavy atom. The van der Waals surface area contributed by atoms with Crippen LogP contribution in [0.15, 0.2) is 12.1 Å². The molecule has 0 aliphatic rings. The SMILES string of the molecule is COc1cc(C(O)O)c([N+](=O)[O-])cc1OC. The summed E-state index contributed by atoms with van der Waals surface area (Å²) in [5.41, 5.74) is -0.685. The summed E-state index contributed by atoms with van der Waals surface area (Å²) in [5.74, 6) is 0.342. The summed E-state index contributed by atoms with van der Waals surface area (Å²) in [6.45, 7) is 0. The van der Waals surface area contributed by atoms with Gasteiger partial charge in [0.15, 0.2) is 17.8 Å². The van der Waals surface area contributed by atoms with Crippen LogP contribution in [0.4, 0.5) is 5.69 Å². The van der Waals surface area contributed by atoms with Crippen molar-refractivity contribution in [1.82, 2.24) is 0 Å². The fourth-order valence-electron chi connectivity index (χ4n) is 1.25. The lowest BCUT2D eigenvalue weighted by Gasteiger charge is -2.11. The van der Waals surface area contributed by atoms with Crippen LogP contribution in [0.5, 0.6) is 11.5 Å². The first-order valence-electron chi connectivity index (χ1n) is 4.27. The number of aliphatic hydroxyl groups is 2. The summed E-state index contributed by atoms with van der Waals surface area (Å²) < 4.78 is 9.76. The molecule has 7 heteroatoms. The second-order valence-electron chi connectivity index (χ2n) is 2.90. The van der Waals surface area contributed by atoms with Crippen LogP contribution < -0.4 is 9.47 Å². The molecule has 7 nitrogen and oxygen atoms in total. The average Bonchev–Trinajstić information content (AvgIpc) is 2.26. The molecule has 0 radical (unpaired) electrons. The largest absolute Gasteiger partial charge is 0.493 e. The van der Waals surface area contributed by atoms with E-state index >= 15 is 0 Å². The monoisotopic (exact) mass is 229 g/mol. The predicted molar refractivity (Wildman–Crippen MR) is 53.4 cm³/mol. The molecule has 0 atom stereocenters. The highest BCUT2D eigenvalue weighted by molar-refractivity contribution is 5.54. The normalized spacial score (nSPS) is 10.3. The van der Waals surface area contributed by atoms with Crippen LogP contribution in [0.25, 0.3) is 0 Å². The average molecular weight is 229 g/mol. The van der Waals surface area contributed by atoms with Crippen LogP contribution in [0.1, 0.15) is 11.9 Å². The van der Waals surface area contributed by atoms with Crippen molar-refractivity contribution >= 4 is 5.69 Å². The van der Waals surface area contributed by atoms with E-state index in [0.29, 0.717) is 0 Å². The topological polar surface area (TPSA) is 102 Å². The van der Waals surface area contributed by atoms with Gasteiger partial charge in [-0.25, -0.2) is 0 Å². The fraction of sp³-hybridized carbons (Fsp3) is 0.333. The fourth-order valence-corrected chi connectivity index (χ4v) is 1.25. The number of hydrogen-bond acceptors (Lipinski definition) is 6. The van der Waals surface area contributed by atoms with E-state index in [0.717, 1.165) is 12.1 Å². The van der Waals surface area contributed by atoms with Gasteiger partial charge in [0, 0.05) is 0 Å². The lowest BCUT2D eigenvalue weighted by atomic mass is 10.1. The van der Waals surface area contributed by atoms with E-state index in [2.05, 4.69) is 0 Å². The molecule has 1 aromatic rings. The zero-order valence-electron chi connectivity index (χ0n) is 8.71. The Morgan fingerprint density at radius 3 is 2.12 bits per heavy atom. The van der Waals surface area contributed by atoms with Gasteiger partial charge in [-0.1, -0.05) is 0 Å². The van der Waals surface area contributed by atoms with E-state index in [4.69, 9.17) is 19.7 Å². The summed E-state index contributed by atoms with van der Waals surface area (Å²) >= 11 is 0. The number of rotatable bonds is 4. The van der Waals surface area contributed by atoms with Gasteiger partial charge in [0.1, 0.15) is 0 Å². The molecule has 0 aliphatic heterocycles. The van der Waals surface area contributed by atoms with Crippen LogP contribution in [0, 0.1) is 10.1 Å². The molecule has 0 heterocycles. The number of hydrogen-bond donors (Lipinski definition) is 2. The maximum Gasteiger partial charge on any atom is 0.281 e. The summed E-state index contributed by atoms with van der Waals surface area (Å²) in [6.07, 6.45) is -1.94. The van der Waals surface area contributed by atoms with Gasteiger partial charge in [-0.3, -0.25) is 10.1 Å². The van der Waals surface area contributed by atoms with Gasteiger partial charge in [0.05, 0.1) is 30.8 Å². The number of aliphatic hydroxyl groups excluding tert-OH is 1. The minimum atomic E-state index is -1.94. The Morgan fingerprint density at radius 2 is 1.75 bits per heavy atom. The molecule has 0 spiro atoms. The van der Waals surface area contributed by atoms with Gasteiger partial charge in [-0.15, -0.1) is 0 Å². The summed E-state index contributed by atoms with van der Waals surface area (Å²) in [5, 5.41) is 28.7. The van der Waals surface area contributed by atoms with Crippen molar-refractivity contribution in [1.29, 1.82) is 0 Å². The van der Waals surface area contributed by atoms with Gasteiger partial charge in [0.2, 0.25) is 0 Å². The highest BCUT2D eigenvalue weighted by Crippen LogP contribution is 2.36. The van der Waals surface area contributed by atoms with Crippen molar-refractivity contribution in [3.63, 3.8) is 0 Å². The molecule has 0 aliphatic carbocycles. The quantitative estimate of drug-likeness (QED) is 0.445. The highest BCUT2D eigenvalue weighted by Gasteiger charge is 2.23. The maximum absolute atomic E-state index is 10.7. The van der Waals surface area contributed by atoms with Crippen molar-refractivity contribution in [3.8, 4) is 11.5 Å². The number of ether oxygens (including phenoxy) is 2. The van der Waals surface area contributed by atoms with Gasteiger partial charge in [-0.2, -0.15) is 0 Å². The third-order valence-corrected chi connectivity index (χ3v) is 2.01. The first-order valence-corrected chi connectivity index (χ1v) is 4.27. The Hall–Kier alpha value is -1.86. The Kier molecular flexibility index (Phi) is 3.64. The van der Waals surface area contributed by atoms with Crippen LogP contribution in [-0.2, 0) is 0 Å². The predicted octanol–water partition coefficient (Wildman–Crippen LogP) is 0.595. The molecule has 0 saturated carbocycles. The summed E-state index contributed by atoms with van der Waals surface area (Å²) in [4.78, 5) is 9.96. The van der Waals surface area contributed by atoms with E-state index in [1.54, 1.807) is 0 Å². The number of nitro groups is 1. The first kappa shape index (κ1) is 12.2. The Bertz CT molecular complexity index is 403. The molecule has 16 heavy (non-hydrogen) atoms. The molecule has 0 fully saturated rings. The van der Waals surface area contributed by atoms with Gasteiger partial charge >= 0.3 is 0 Å². The third-order valence-electron chi connectivity index (χ3n) is 2.01. The Balaban J connectivity index is 3.41. The molecule has 88 valence electrons. The van der Waals surface area contributed by atoms with Gasteiger partial charge in [-0.05, 0) is 6.07 Å². The Labute approximate surface area is 91.0 Å². The zero-order valence-corrected chi connectivity index (χ0v) is 8.71. The minimum absolute atomic E-state index is 0.151. The standard InChI is InChI=1S/C9H11NO6/c1-15-7-3-5(9(11)12)6(10(13)14)4-8(7)16-2/h3-4,9,11-12H,1-2H3. The van der Waals surface area contributed by atoms with Crippen LogP contribution in [0.2, 0.25) is 0 Å². The first-order chi connectivity index (χ1) is 7.51. The number of methoxy groups -OCH3 is 2. The second kappa shape index (κ2) is 4.77. The molecule has 0 bridgehead atoms. The number of benzene rings is 1. The summed E-state index contributed by atoms with van der Waals surface area (Å²) in [6, 6.07) is 2.23. The van der Waals surface area contributed by atoms with Gasteiger partial charge in [0.25, 0.3) is 5.69 Å². The molecule has 0 aromatic heterocycles. The van der Waals surface area contributed by atoms with Crippen molar-refractivity contribution in [3.05, 3.63) is 27.8 Å². The zero-order chi connectivity index (χ0) is 12.3. The maximum atomic E-state index is 10.7. The number of nitro benzene ring substituents is 1. The van der Waals surface area contributed by atoms with E-state index in [9.17, 15) is 10.1 Å². The van der Waals surface area contributed by atoms with Crippen molar-refractivity contribution in [2.75, 3.05) is 14.2 Å². The third kappa shape index (κ3) is 2.20. The molecule has 1 aromatic carbocycles. The molecule has 0 unspecified atom stereocenters. The smallest absolute Gasteiger partial charge is 0.281 e. The van der Waals surface area contributed by atoms with Crippen LogP contribution in [0.3, 0.4) is 0 Å². The van der Waals surface area contributed by atoms with Crippen molar-refractivity contribution in [2.24, 2.45) is 0 Å². The van der Waals surface area contributed by atoms with E-state index < -0.39 is 16.9 Å². The molecular weight excluding hydrogens is 218 g/mol. The van der Waals surface area contributed by atoms with E-state index in [1.165, 1.54) is 14.2 Å².